The van der Waals surface area contributed by atoms with Crippen molar-refractivity contribution in [1.82, 2.24) is 0 Å². The van der Waals surface area contributed by atoms with Crippen molar-refractivity contribution in [2.24, 2.45) is 0 Å². The van der Waals surface area contributed by atoms with E-state index in [2.05, 4.69) is 0 Å². The Labute approximate surface area is 100 Å². The van der Waals surface area contributed by atoms with E-state index in [0.29, 0.717) is 12.3 Å². The maximum absolute atomic E-state index is 12.0. The van der Waals surface area contributed by atoms with Crippen molar-refractivity contribution in [3.63, 3.8) is 0 Å². The molecule has 2 aliphatic rings. The molecular formula is C13H16N2O2. The van der Waals surface area contributed by atoms with E-state index in [9.17, 15) is 4.79 Å². The number of hydrogen-bond acceptors (Lipinski definition) is 3. The normalized spacial score (nSPS) is 22.1. The summed E-state index contributed by atoms with van der Waals surface area (Å²) in [5.41, 5.74) is 7.35. The van der Waals surface area contributed by atoms with Gasteiger partial charge in [0, 0.05) is 6.42 Å². The predicted molar refractivity (Wildman–Crippen MR) is 65.9 cm³/mol. The number of rotatable bonds is 1. The molecule has 1 aliphatic carbocycles. The van der Waals surface area contributed by atoms with E-state index in [4.69, 9.17) is 10.5 Å². The Morgan fingerprint density at radius 2 is 2.00 bits per heavy atom. The molecule has 4 nitrogen and oxygen atoms in total. The van der Waals surface area contributed by atoms with Crippen LogP contribution < -0.4 is 10.6 Å². The summed E-state index contributed by atoms with van der Waals surface area (Å²) in [6.45, 7) is 0.530. The SMILES string of the molecule is Nc1ccccc1N1C(=O)OCCC12CCC2. The second-order valence-corrected chi connectivity index (χ2v) is 4.84. The Morgan fingerprint density at radius 1 is 1.24 bits per heavy atom. The first-order valence-electron chi connectivity index (χ1n) is 6.04. The molecule has 0 unspecified atom stereocenters. The third-order valence-corrected chi connectivity index (χ3v) is 3.91. The zero-order valence-electron chi connectivity index (χ0n) is 9.69. The summed E-state index contributed by atoms with van der Waals surface area (Å²) < 4.78 is 5.16. The summed E-state index contributed by atoms with van der Waals surface area (Å²) in [7, 11) is 0. The van der Waals surface area contributed by atoms with Crippen LogP contribution in [-0.2, 0) is 4.74 Å². The Morgan fingerprint density at radius 3 is 2.65 bits per heavy atom. The summed E-state index contributed by atoms with van der Waals surface area (Å²) in [5.74, 6) is 0. The summed E-state index contributed by atoms with van der Waals surface area (Å²) in [6.07, 6.45) is 3.94. The van der Waals surface area contributed by atoms with E-state index >= 15 is 0 Å². The molecule has 0 atom stereocenters. The average Bonchev–Trinajstić information content (AvgIpc) is 2.28. The van der Waals surface area contributed by atoms with Gasteiger partial charge in [-0.1, -0.05) is 12.1 Å². The lowest BCUT2D eigenvalue weighted by atomic mass is 9.72. The van der Waals surface area contributed by atoms with Gasteiger partial charge < -0.3 is 10.5 Å². The summed E-state index contributed by atoms with van der Waals surface area (Å²) >= 11 is 0. The molecular weight excluding hydrogens is 216 g/mol. The van der Waals surface area contributed by atoms with Crippen LogP contribution in [0.5, 0.6) is 0 Å². The largest absolute Gasteiger partial charge is 0.449 e. The standard InChI is InChI=1S/C13H16N2O2/c14-10-4-1-2-5-11(10)15-12(16)17-9-8-13(15)6-3-7-13/h1-2,4-5H,3,6-9,14H2. The van der Waals surface area contributed by atoms with Gasteiger partial charge in [-0.2, -0.15) is 0 Å². The Hall–Kier alpha value is -1.71. The first-order chi connectivity index (χ1) is 8.23. The molecule has 0 bridgehead atoms. The van der Waals surface area contributed by atoms with Gasteiger partial charge in [-0.05, 0) is 31.4 Å². The van der Waals surface area contributed by atoms with Crippen molar-refractivity contribution in [3.05, 3.63) is 24.3 Å². The van der Waals surface area contributed by atoms with Gasteiger partial charge in [0.1, 0.15) is 0 Å². The number of benzene rings is 1. The van der Waals surface area contributed by atoms with Gasteiger partial charge in [-0.15, -0.1) is 0 Å². The number of nitrogens with zero attached hydrogens (tertiary/aromatic N) is 1. The fraction of sp³-hybridized carbons (Fsp3) is 0.462. The highest BCUT2D eigenvalue weighted by Gasteiger charge is 2.49. The molecule has 1 aromatic rings. The zero-order chi connectivity index (χ0) is 11.9. The molecule has 1 amide bonds. The Kier molecular flexibility index (Phi) is 2.24. The van der Waals surface area contributed by atoms with E-state index in [1.165, 1.54) is 6.42 Å². The third-order valence-electron chi connectivity index (χ3n) is 3.91. The number of amides is 1. The minimum atomic E-state index is -0.256. The van der Waals surface area contributed by atoms with Crippen molar-refractivity contribution < 1.29 is 9.53 Å². The van der Waals surface area contributed by atoms with Crippen molar-refractivity contribution in [2.75, 3.05) is 17.2 Å². The molecule has 3 rings (SSSR count). The number of hydrogen-bond donors (Lipinski definition) is 1. The van der Waals surface area contributed by atoms with Crippen LogP contribution in [-0.4, -0.2) is 18.2 Å². The summed E-state index contributed by atoms with van der Waals surface area (Å²) in [4.78, 5) is 13.8. The summed E-state index contributed by atoms with van der Waals surface area (Å²) in [5, 5.41) is 0. The lowest BCUT2D eigenvalue weighted by molar-refractivity contribution is 0.0779. The van der Waals surface area contributed by atoms with Crippen LogP contribution in [0.3, 0.4) is 0 Å². The van der Waals surface area contributed by atoms with E-state index in [1.807, 2.05) is 24.3 Å². The monoisotopic (exact) mass is 232 g/mol. The van der Waals surface area contributed by atoms with Crippen LogP contribution in [0.15, 0.2) is 24.3 Å². The number of cyclic esters (lactones) is 1. The van der Waals surface area contributed by atoms with Gasteiger partial charge in [-0.3, -0.25) is 4.90 Å². The lowest BCUT2D eigenvalue weighted by Gasteiger charge is -2.52. The van der Waals surface area contributed by atoms with Crippen molar-refractivity contribution in [1.29, 1.82) is 0 Å². The van der Waals surface area contributed by atoms with E-state index in [-0.39, 0.29) is 11.6 Å². The minimum Gasteiger partial charge on any atom is -0.449 e. The highest BCUT2D eigenvalue weighted by atomic mass is 16.6. The first-order valence-corrected chi connectivity index (χ1v) is 6.04. The van der Waals surface area contributed by atoms with Crippen molar-refractivity contribution in [3.8, 4) is 0 Å². The topological polar surface area (TPSA) is 55.6 Å². The molecule has 1 saturated heterocycles. The molecule has 90 valence electrons. The van der Waals surface area contributed by atoms with Gasteiger partial charge in [0.15, 0.2) is 0 Å². The van der Waals surface area contributed by atoms with Crippen LogP contribution in [0, 0.1) is 0 Å². The van der Waals surface area contributed by atoms with Crippen molar-refractivity contribution in [2.45, 2.75) is 31.2 Å². The number of para-hydroxylation sites is 2. The molecule has 1 heterocycles. The second kappa shape index (κ2) is 3.65. The quantitative estimate of drug-likeness (QED) is 0.757. The average molecular weight is 232 g/mol. The number of carbonyl (C=O) groups excluding carboxylic acids is 1. The molecule has 0 radical (unpaired) electrons. The fourth-order valence-corrected chi connectivity index (χ4v) is 2.80. The molecule has 2 fully saturated rings. The zero-order valence-corrected chi connectivity index (χ0v) is 9.69. The maximum Gasteiger partial charge on any atom is 0.414 e. The van der Waals surface area contributed by atoms with Crippen LogP contribution in [0.1, 0.15) is 25.7 Å². The van der Waals surface area contributed by atoms with E-state index in [1.54, 1.807) is 4.90 Å². The molecule has 1 saturated carbocycles. The van der Waals surface area contributed by atoms with Gasteiger partial charge in [-0.25, -0.2) is 4.79 Å². The minimum absolute atomic E-state index is 0.0369. The van der Waals surface area contributed by atoms with Gasteiger partial charge in [0.2, 0.25) is 0 Å². The fourth-order valence-electron chi connectivity index (χ4n) is 2.80. The number of carbonyl (C=O) groups is 1. The lowest BCUT2D eigenvalue weighted by Crippen LogP contribution is -2.60. The van der Waals surface area contributed by atoms with Gasteiger partial charge >= 0.3 is 6.09 Å². The van der Waals surface area contributed by atoms with Gasteiger partial charge in [0.05, 0.1) is 23.5 Å². The molecule has 1 spiro atoms. The van der Waals surface area contributed by atoms with E-state index < -0.39 is 0 Å². The highest BCUT2D eigenvalue weighted by Crippen LogP contribution is 2.46. The van der Waals surface area contributed by atoms with E-state index in [0.717, 1.165) is 24.9 Å². The highest BCUT2D eigenvalue weighted by molar-refractivity contribution is 5.94. The molecule has 2 N–H and O–H groups in total. The summed E-state index contributed by atoms with van der Waals surface area (Å²) in [6, 6.07) is 7.49. The van der Waals surface area contributed by atoms with Crippen LogP contribution in [0.4, 0.5) is 16.2 Å². The number of ether oxygens (including phenoxy) is 1. The molecule has 1 aliphatic heterocycles. The second-order valence-electron chi connectivity index (χ2n) is 4.84. The maximum atomic E-state index is 12.0. The molecule has 1 aromatic carbocycles. The van der Waals surface area contributed by atoms with Gasteiger partial charge in [0.25, 0.3) is 0 Å². The Bertz CT molecular complexity index is 454. The first kappa shape index (κ1) is 10.4. The van der Waals surface area contributed by atoms with Crippen molar-refractivity contribution >= 4 is 17.5 Å². The number of nitrogen functional groups attached to an aromatic ring is 1. The number of anilines is 2. The molecule has 17 heavy (non-hydrogen) atoms. The molecule has 4 heteroatoms. The molecule has 0 aromatic heterocycles. The van der Waals surface area contributed by atoms with Crippen LogP contribution >= 0.6 is 0 Å². The Balaban J connectivity index is 2.03. The third kappa shape index (κ3) is 1.47. The van der Waals surface area contributed by atoms with Crippen LogP contribution in [0.2, 0.25) is 0 Å². The smallest absolute Gasteiger partial charge is 0.414 e. The predicted octanol–water partition coefficient (Wildman–Crippen LogP) is 2.54. The van der Waals surface area contributed by atoms with Crippen LogP contribution in [0.25, 0.3) is 0 Å². The number of nitrogens with two attached hydrogens (primary N) is 1.